The summed E-state index contributed by atoms with van der Waals surface area (Å²) in [7, 11) is 0. The van der Waals surface area contributed by atoms with Crippen LogP contribution < -0.4 is 5.73 Å². The Bertz CT molecular complexity index is 515. The second-order valence-corrected chi connectivity index (χ2v) is 4.66. The molecule has 1 nitrogen and oxygen atoms in total. The van der Waals surface area contributed by atoms with Crippen LogP contribution in [0.25, 0.3) is 12.2 Å². The lowest BCUT2D eigenvalue weighted by Crippen LogP contribution is -1.83. The highest BCUT2D eigenvalue weighted by atomic mass is 32.2. The molecule has 0 aliphatic rings. The summed E-state index contributed by atoms with van der Waals surface area (Å²) in [5.74, 6) is 0. The van der Waals surface area contributed by atoms with Gasteiger partial charge in [-0.2, -0.15) is 0 Å². The van der Waals surface area contributed by atoms with Gasteiger partial charge in [0, 0.05) is 10.6 Å². The summed E-state index contributed by atoms with van der Waals surface area (Å²) in [5, 5.41) is 0. The number of thioether (sulfide) groups is 1. The monoisotopic (exact) mass is 241 g/mol. The van der Waals surface area contributed by atoms with Gasteiger partial charge in [0.05, 0.1) is 0 Å². The molecule has 2 heteroatoms. The molecular weight excluding hydrogens is 226 g/mol. The molecule has 0 radical (unpaired) electrons. The predicted molar refractivity (Wildman–Crippen MR) is 78.0 cm³/mol. The highest BCUT2D eigenvalue weighted by molar-refractivity contribution is 7.98. The standard InChI is InChI=1S/C15H15NS/c1-17-15-9-7-12(8-10-15)5-6-13-3-2-4-14(16)11-13/h2-11H,16H2,1H3/b6-5+. The Morgan fingerprint density at radius 3 is 2.29 bits per heavy atom. The van der Waals surface area contributed by atoms with Crippen molar-refractivity contribution < 1.29 is 0 Å². The SMILES string of the molecule is CSc1ccc(/C=C/c2cccc(N)c2)cc1. The minimum Gasteiger partial charge on any atom is -0.399 e. The van der Waals surface area contributed by atoms with Gasteiger partial charge in [0.15, 0.2) is 0 Å². The fraction of sp³-hybridized carbons (Fsp3) is 0.0667. The molecule has 0 fully saturated rings. The van der Waals surface area contributed by atoms with Crippen molar-refractivity contribution in [2.75, 3.05) is 12.0 Å². The molecule has 2 aromatic rings. The largest absolute Gasteiger partial charge is 0.399 e. The minimum atomic E-state index is 0.796. The number of nitrogens with two attached hydrogens (primary N) is 1. The van der Waals surface area contributed by atoms with E-state index in [0.717, 1.165) is 11.3 Å². The number of anilines is 1. The Kier molecular flexibility index (Phi) is 3.89. The van der Waals surface area contributed by atoms with Crippen molar-refractivity contribution in [1.29, 1.82) is 0 Å². The summed E-state index contributed by atoms with van der Waals surface area (Å²) in [5.41, 5.74) is 8.85. The van der Waals surface area contributed by atoms with Crippen molar-refractivity contribution in [2.24, 2.45) is 0 Å². The van der Waals surface area contributed by atoms with Crippen molar-refractivity contribution in [1.82, 2.24) is 0 Å². The summed E-state index contributed by atoms with van der Waals surface area (Å²) in [4.78, 5) is 1.28. The van der Waals surface area contributed by atoms with Crippen LogP contribution >= 0.6 is 11.8 Å². The second-order valence-electron chi connectivity index (χ2n) is 3.78. The molecule has 0 atom stereocenters. The van der Waals surface area contributed by atoms with E-state index in [9.17, 15) is 0 Å². The summed E-state index contributed by atoms with van der Waals surface area (Å²) in [6.45, 7) is 0. The van der Waals surface area contributed by atoms with Gasteiger partial charge < -0.3 is 5.73 Å². The molecule has 0 aromatic heterocycles. The molecule has 0 unspecified atom stereocenters. The fourth-order valence-corrected chi connectivity index (χ4v) is 1.98. The van der Waals surface area contributed by atoms with Crippen molar-refractivity contribution in [3.63, 3.8) is 0 Å². The molecule has 17 heavy (non-hydrogen) atoms. The molecule has 86 valence electrons. The molecule has 2 N–H and O–H groups in total. The van der Waals surface area contributed by atoms with Crippen molar-refractivity contribution in [2.45, 2.75) is 4.90 Å². The van der Waals surface area contributed by atoms with Crippen LogP contribution in [0.1, 0.15) is 11.1 Å². The quantitative estimate of drug-likeness (QED) is 0.496. The Hall–Kier alpha value is -1.67. The number of rotatable bonds is 3. The maximum atomic E-state index is 5.73. The minimum absolute atomic E-state index is 0.796. The topological polar surface area (TPSA) is 26.0 Å². The lowest BCUT2D eigenvalue weighted by molar-refractivity contribution is 1.45. The normalized spacial score (nSPS) is 10.9. The van der Waals surface area contributed by atoms with Crippen LogP contribution in [0.3, 0.4) is 0 Å². The number of hydrogen-bond acceptors (Lipinski definition) is 2. The van der Waals surface area contributed by atoms with E-state index in [4.69, 9.17) is 5.73 Å². The lowest BCUT2D eigenvalue weighted by Gasteiger charge is -1.98. The average Bonchev–Trinajstić information content (AvgIpc) is 2.37. The van der Waals surface area contributed by atoms with E-state index in [1.54, 1.807) is 11.8 Å². The van der Waals surface area contributed by atoms with E-state index >= 15 is 0 Å². The average molecular weight is 241 g/mol. The maximum absolute atomic E-state index is 5.73. The molecule has 0 saturated heterocycles. The van der Waals surface area contributed by atoms with Crippen LogP contribution in [0.5, 0.6) is 0 Å². The Morgan fingerprint density at radius 1 is 0.941 bits per heavy atom. The fourth-order valence-electron chi connectivity index (χ4n) is 1.57. The van der Waals surface area contributed by atoms with Crippen LogP contribution in [0.2, 0.25) is 0 Å². The molecule has 0 amide bonds. The van der Waals surface area contributed by atoms with Crippen molar-refractivity contribution >= 4 is 29.6 Å². The van der Waals surface area contributed by atoms with E-state index in [1.165, 1.54) is 10.5 Å². The van der Waals surface area contributed by atoms with E-state index in [1.807, 2.05) is 24.3 Å². The Labute approximate surface area is 106 Å². The highest BCUT2D eigenvalue weighted by Crippen LogP contribution is 2.16. The summed E-state index contributed by atoms with van der Waals surface area (Å²) in [6.07, 6.45) is 6.25. The molecule has 0 spiro atoms. The van der Waals surface area contributed by atoms with Crippen LogP contribution in [0.15, 0.2) is 53.4 Å². The molecule has 0 heterocycles. The van der Waals surface area contributed by atoms with Gasteiger partial charge in [0.25, 0.3) is 0 Å². The second kappa shape index (κ2) is 5.60. The third-order valence-electron chi connectivity index (χ3n) is 2.49. The molecule has 0 bridgehead atoms. The molecule has 0 aliphatic carbocycles. The van der Waals surface area contributed by atoms with Gasteiger partial charge in [-0.3, -0.25) is 0 Å². The molecular formula is C15H15NS. The molecule has 0 aliphatic heterocycles. The first kappa shape index (κ1) is 11.8. The summed E-state index contributed by atoms with van der Waals surface area (Å²) < 4.78 is 0. The molecule has 2 aromatic carbocycles. The van der Waals surface area contributed by atoms with Crippen LogP contribution in [-0.4, -0.2) is 6.26 Å². The van der Waals surface area contributed by atoms with Crippen LogP contribution in [0.4, 0.5) is 5.69 Å². The van der Waals surface area contributed by atoms with Gasteiger partial charge in [-0.1, -0.05) is 36.4 Å². The lowest BCUT2D eigenvalue weighted by atomic mass is 10.1. The van der Waals surface area contributed by atoms with Crippen LogP contribution in [0, 0.1) is 0 Å². The van der Waals surface area contributed by atoms with Gasteiger partial charge >= 0.3 is 0 Å². The van der Waals surface area contributed by atoms with E-state index in [-0.39, 0.29) is 0 Å². The number of benzene rings is 2. The first-order valence-corrected chi connectivity index (χ1v) is 6.68. The third kappa shape index (κ3) is 3.40. The smallest absolute Gasteiger partial charge is 0.0319 e. The van der Waals surface area contributed by atoms with Crippen molar-refractivity contribution in [3.8, 4) is 0 Å². The summed E-state index contributed by atoms with van der Waals surface area (Å²) >= 11 is 1.75. The maximum Gasteiger partial charge on any atom is 0.0319 e. The van der Waals surface area contributed by atoms with E-state index < -0.39 is 0 Å². The van der Waals surface area contributed by atoms with Gasteiger partial charge in [-0.25, -0.2) is 0 Å². The van der Waals surface area contributed by atoms with Crippen LogP contribution in [-0.2, 0) is 0 Å². The number of hydrogen-bond donors (Lipinski definition) is 1. The predicted octanol–water partition coefficient (Wildman–Crippen LogP) is 4.16. The Balaban J connectivity index is 2.14. The highest BCUT2D eigenvalue weighted by Gasteiger charge is 1.91. The first-order chi connectivity index (χ1) is 8.28. The zero-order chi connectivity index (χ0) is 12.1. The number of nitrogen functional groups attached to an aromatic ring is 1. The van der Waals surface area contributed by atoms with Crippen molar-refractivity contribution in [3.05, 3.63) is 59.7 Å². The van der Waals surface area contributed by atoms with Gasteiger partial charge in [-0.15, -0.1) is 11.8 Å². The summed E-state index contributed by atoms with van der Waals surface area (Å²) in [6, 6.07) is 16.4. The van der Waals surface area contributed by atoms with Gasteiger partial charge in [0.2, 0.25) is 0 Å². The first-order valence-electron chi connectivity index (χ1n) is 5.45. The Morgan fingerprint density at radius 2 is 1.65 bits per heavy atom. The zero-order valence-corrected chi connectivity index (χ0v) is 10.6. The van der Waals surface area contributed by atoms with E-state index in [2.05, 4.69) is 42.7 Å². The third-order valence-corrected chi connectivity index (χ3v) is 3.24. The van der Waals surface area contributed by atoms with E-state index in [0.29, 0.717) is 0 Å². The van der Waals surface area contributed by atoms with Gasteiger partial charge in [-0.05, 0) is 41.6 Å². The molecule has 2 rings (SSSR count). The van der Waals surface area contributed by atoms with Gasteiger partial charge in [0.1, 0.15) is 0 Å². The molecule has 0 saturated carbocycles. The zero-order valence-electron chi connectivity index (χ0n) is 9.76.